The van der Waals surface area contributed by atoms with Gasteiger partial charge in [0.2, 0.25) is 0 Å². The molecule has 0 amide bonds. The quantitative estimate of drug-likeness (QED) is 0.178. The summed E-state index contributed by atoms with van der Waals surface area (Å²) in [6.45, 7) is 19.4. The van der Waals surface area contributed by atoms with Gasteiger partial charge in [-0.15, -0.1) is 0 Å². The standard InChI is InChI=1S/C41H56O7/c1-24(2)30-17-15-28(23-45-30)29-16-18-31-39(29,7)20-19-32-40(31,8)35(46-25(3)42)21-33-38(5,6)34(22-36(41(32,33)9)47-26(4)43)48-37(44)27-13-11-10-12-14-27/h10-14,18,28-29,32-36H,15-17,19-23H2,1-9H3/t28-,29+,32+,33+,34-,35-,36+,39+,40+,41-/m1/s1. The summed E-state index contributed by atoms with van der Waals surface area (Å²) in [5, 5.41) is 0. The molecule has 7 heteroatoms. The van der Waals surface area contributed by atoms with Crippen molar-refractivity contribution in [1.29, 1.82) is 0 Å². The van der Waals surface area contributed by atoms with Gasteiger partial charge in [0.25, 0.3) is 0 Å². The lowest BCUT2D eigenvalue weighted by atomic mass is 9.36. The van der Waals surface area contributed by atoms with E-state index < -0.39 is 28.5 Å². The van der Waals surface area contributed by atoms with Gasteiger partial charge in [-0.05, 0) is 92.7 Å². The Balaban J connectivity index is 1.38. The maximum Gasteiger partial charge on any atom is 0.338 e. The Kier molecular flexibility index (Phi) is 8.94. The van der Waals surface area contributed by atoms with E-state index in [4.69, 9.17) is 18.9 Å². The van der Waals surface area contributed by atoms with Gasteiger partial charge >= 0.3 is 17.9 Å². The molecule has 6 rings (SSSR count). The van der Waals surface area contributed by atoms with E-state index in [-0.39, 0.29) is 41.3 Å². The Labute approximate surface area is 287 Å². The van der Waals surface area contributed by atoms with E-state index in [9.17, 15) is 14.4 Å². The Bertz CT molecular complexity index is 1490. The van der Waals surface area contributed by atoms with Crippen LogP contribution >= 0.6 is 0 Å². The lowest BCUT2D eigenvalue weighted by Gasteiger charge is -2.70. The lowest BCUT2D eigenvalue weighted by Crippen LogP contribution is -2.70. The first-order valence-corrected chi connectivity index (χ1v) is 18.1. The van der Waals surface area contributed by atoms with Gasteiger partial charge in [-0.3, -0.25) is 9.59 Å². The van der Waals surface area contributed by atoms with E-state index in [1.54, 1.807) is 12.1 Å². The van der Waals surface area contributed by atoms with Gasteiger partial charge in [-0.1, -0.05) is 64.5 Å². The largest absolute Gasteiger partial charge is 0.498 e. The van der Waals surface area contributed by atoms with Crippen LogP contribution in [0.5, 0.6) is 0 Å². The lowest BCUT2D eigenvalue weighted by molar-refractivity contribution is -0.259. The Morgan fingerprint density at radius 2 is 1.46 bits per heavy atom. The molecule has 1 aliphatic heterocycles. The molecule has 1 aromatic rings. The molecule has 0 radical (unpaired) electrons. The van der Waals surface area contributed by atoms with Gasteiger partial charge in [-0.2, -0.15) is 0 Å². The number of carbonyl (C=O) groups excluding carboxylic acids is 3. The number of fused-ring (bicyclic) bond motifs is 5. The molecule has 1 aromatic carbocycles. The highest BCUT2D eigenvalue weighted by Crippen LogP contribution is 2.74. The van der Waals surface area contributed by atoms with Crippen LogP contribution in [0.15, 0.2) is 53.3 Å². The first-order chi connectivity index (χ1) is 22.5. The molecule has 0 N–H and O–H groups in total. The first-order valence-electron chi connectivity index (χ1n) is 18.1. The van der Waals surface area contributed by atoms with E-state index in [0.717, 1.165) is 44.5 Å². The fourth-order valence-electron chi connectivity index (χ4n) is 11.7. The predicted octanol–water partition coefficient (Wildman–Crippen LogP) is 8.62. The molecule has 1 saturated heterocycles. The van der Waals surface area contributed by atoms with Gasteiger partial charge in [0.1, 0.15) is 18.3 Å². The van der Waals surface area contributed by atoms with Crippen molar-refractivity contribution < 1.29 is 33.3 Å². The Hall–Kier alpha value is -3.09. The summed E-state index contributed by atoms with van der Waals surface area (Å²) in [5.41, 5.74) is 1.76. The highest BCUT2D eigenvalue weighted by Gasteiger charge is 2.72. The zero-order chi connectivity index (χ0) is 34.8. The fraction of sp³-hybridized carbons (Fsp3) is 0.683. The molecule has 48 heavy (non-hydrogen) atoms. The molecule has 0 unspecified atom stereocenters. The van der Waals surface area contributed by atoms with Crippen molar-refractivity contribution in [2.24, 2.45) is 45.3 Å². The second-order valence-electron chi connectivity index (χ2n) is 17.0. The van der Waals surface area contributed by atoms with Gasteiger partial charge in [-0.25, -0.2) is 4.79 Å². The maximum absolute atomic E-state index is 13.4. The molecule has 4 aliphatic carbocycles. The molecule has 0 bridgehead atoms. The van der Waals surface area contributed by atoms with E-state index in [2.05, 4.69) is 54.5 Å². The second-order valence-corrected chi connectivity index (χ2v) is 17.0. The number of carbonyl (C=O) groups is 3. The van der Waals surface area contributed by atoms with E-state index in [1.807, 2.05) is 18.2 Å². The van der Waals surface area contributed by atoms with Crippen molar-refractivity contribution in [2.45, 2.75) is 126 Å². The molecular formula is C41H56O7. The molecule has 10 atom stereocenters. The van der Waals surface area contributed by atoms with Gasteiger partial charge < -0.3 is 18.9 Å². The highest BCUT2D eigenvalue weighted by molar-refractivity contribution is 5.89. The van der Waals surface area contributed by atoms with E-state index in [0.29, 0.717) is 30.2 Å². The molecule has 1 heterocycles. The third-order valence-electron chi connectivity index (χ3n) is 14.0. The molecule has 4 fully saturated rings. The van der Waals surface area contributed by atoms with Crippen molar-refractivity contribution in [3.8, 4) is 0 Å². The molecule has 262 valence electrons. The van der Waals surface area contributed by atoms with Gasteiger partial charge in [0.15, 0.2) is 0 Å². The summed E-state index contributed by atoms with van der Waals surface area (Å²) in [4.78, 5) is 39.1. The van der Waals surface area contributed by atoms with Crippen molar-refractivity contribution in [3.05, 3.63) is 58.9 Å². The summed E-state index contributed by atoms with van der Waals surface area (Å²) in [5.74, 6) is 1.12. The molecule has 0 aromatic heterocycles. The van der Waals surface area contributed by atoms with Crippen molar-refractivity contribution in [2.75, 3.05) is 6.61 Å². The third-order valence-corrected chi connectivity index (χ3v) is 14.0. The summed E-state index contributed by atoms with van der Waals surface area (Å²) in [6.07, 6.45) is 7.25. The van der Waals surface area contributed by atoms with Crippen LogP contribution in [0.1, 0.15) is 118 Å². The van der Waals surface area contributed by atoms with E-state index in [1.165, 1.54) is 25.0 Å². The number of benzene rings is 1. The number of ether oxygens (including phenoxy) is 4. The minimum atomic E-state index is -0.490. The van der Waals surface area contributed by atoms with Gasteiger partial charge in [0, 0.05) is 42.9 Å². The summed E-state index contributed by atoms with van der Waals surface area (Å²) in [6, 6.07) is 9.05. The van der Waals surface area contributed by atoms with Crippen molar-refractivity contribution in [3.63, 3.8) is 0 Å². The number of allylic oxidation sites excluding steroid dienone is 3. The van der Waals surface area contributed by atoms with E-state index >= 15 is 0 Å². The molecule has 0 spiro atoms. The zero-order valence-corrected chi connectivity index (χ0v) is 30.5. The minimum Gasteiger partial charge on any atom is -0.498 e. The first kappa shape index (κ1) is 34.8. The maximum atomic E-state index is 13.4. The fourth-order valence-corrected chi connectivity index (χ4v) is 11.7. The van der Waals surface area contributed by atoms with Crippen LogP contribution in [-0.2, 0) is 28.5 Å². The highest BCUT2D eigenvalue weighted by atomic mass is 16.6. The Morgan fingerprint density at radius 3 is 2.06 bits per heavy atom. The average Bonchev–Trinajstić information content (AvgIpc) is 3.39. The Morgan fingerprint density at radius 1 is 0.792 bits per heavy atom. The van der Waals surface area contributed by atoms with Crippen LogP contribution in [0.25, 0.3) is 0 Å². The predicted molar refractivity (Wildman–Crippen MR) is 184 cm³/mol. The zero-order valence-electron chi connectivity index (χ0n) is 30.5. The molecule has 7 nitrogen and oxygen atoms in total. The van der Waals surface area contributed by atoms with Crippen molar-refractivity contribution >= 4 is 17.9 Å². The second kappa shape index (κ2) is 12.4. The van der Waals surface area contributed by atoms with Crippen LogP contribution in [0.2, 0.25) is 0 Å². The van der Waals surface area contributed by atoms with Crippen LogP contribution in [0, 0.1) is 45.3 Å². The smallest absolute Gasteiger partial charge is 0.338 e. The summed E-state index contributed by atoms with van der Waals surface area (Å²) >= 11 is 0. The SMILES string of the molecule is CC(=O)O[C@H]1C[C@@H](OC(=O)c2ccccc2)C(C)(C)[C@@H]2C[C@@H](OC(C)=O)[C@@]3(C)C4=CC[C@@H]([C@@H]5CCC(=C(C)C)OC5)[C@]4(C)CC[C@@H]3[C@@]12C. The van der Waals surface area contributed by atoms with Crippen LogP contribution in [0.3, 0.4) is 0 Å². The summed E-state index contributed by atoms with van der Waals surface area (Å²) < 4.78 is 25.3. The van der Waals surface area contributed by atoms with Crippen LogP contribution in [0.4, 0.5) is 0 Å². The molecule has 3 saturated carbocycles. The summed E-state index contributed by atoms with van der Waals surface area (Å²) in [7, 11) is 0. The topological polar surface area (TPSA) is 88.1 Å². The third kappa shape index (κ3) is 5.42. The van der Waals surface area contributed by atoms with Crippen molar-refractivity contribution in [1.82, 2.24) is 0 Å². The molecule has 5 aliphatic rings. The van der Waals surface area contributed by atoms with Crippen LogP contribution < -0.4 is 0 Å². The number of esters is 3. The number of rotatable bonds is 5. The minimum absolute atomic E-state index is 0.0434. The average molecular weight is 661 g/mol. The van der Waals surface area contributed by atoms with Gasteiger partial charge in [0.05, 0.1) is 17.9 Å². The molecular weight excluding hydrogens is 604 g/mol. The monoisotopic (exact) mass is 660 g/mol. The van der Waals surface area contributed by atoms with Crippen LogP contribution in [-0.4, -0.2) is 42.8 Å². The number of hydrogen-bond donors (Lipinski definition) is 0. The normalized spacial score (nSPS) is 39.8. The number of hydrogen-bond acceptors (Lipinski definition) is 7.